The maximum atomic E-state index is 13.6. The van der Waals surface area contributed by atoms with Gasteiger partial charge >= 0.3 is 5.97 Å². The van der Waals surface area contributed by atoms with Gasteiger partial charge in [0, 0.05) is 25.1 Å². The number of nitrogens with one attached hydrogen (secondary N) is 2. The van der Waals surface area contributed by atoms with Crippen LogP contribution in [0.3, 0.4) is 0 Å². The fraction of sp³-hybridized carbons (Fsp3) is 0.542. The van der Waals surface area contributed by atoms with Crippen LogP contribution in [0.1, 0.15) is 49.4 Å². The number of esters is 1. The molecule has 3 saturated heterocycles. The fourth-order valence-electron chi connectivity index (χ4n) is 4.93. The third kappa shape index (κ3) is 4.90. The first-order chi connectivity index (χ1) is 17.9. The van der Waals surface area contributed by atoms with Gasteiger partial charge in [-0.25, -0.2) is 5.01 Å². The van der Waals surface area contributed by atoms with Crippen LogP contribution in [0.25, 0.3) is 0 Å². The minimum atomic E-state index is -1.02. The van der Waals surface area contributed by atoms with Crippen LogP contribution in [0, 0.1) is 0 Å². The van der Waals surface area contributed by atoms with Crippen molar-refractivity contribution in [3.63, 3.8) is 0 Å². The number of nitrogens with zero attached hydrogens (tertiary/aromatic N) is 2. The predicted octanol–water partition coefficient (Wildman–Crippen LogP) is -0.164. The lowest BCUT2D eigenvalue weighted by Crippen LogP contribution is -2.64. The number of amides is 4. The summed E-state index contributed by atoms with van der Waals surface area (Å²) in [4.78, 5) is 64.6. The topological polar surface area (TPSA) is 153 Å². The lowest BCUT2D eigenvalue weighted by atomic mass is 10.0. The molecule has 0 radical (unpaired) electrons. The summed E-state index contributed by atoms with van der Waals surface area (Å²) in [5, 5.41) is 7.91. The van der Waals surface area contributed by atoms with E-state index >= 15 is 0 Å². The minimum absolute atomic E-state index is 0.0278. The summed E-state index contributed by atoms with van der Waals surface area (Å²) < 4.78 is 21.1. The van der Waals surface area contributed by atoms with Crippen molar-refractivity contribution < 1.29 is 42.9 Å². The third-order valence-corrected chi connectivity index (χ3v) is 6.73. The Kier molecular flexibility index (Phi) is 6.87. The molecule has 4 aliphatic heterocycles. The van der Waals surface area contributed by atoms with Crippen molar-refractivity contribution in [2.24, 2.45) is 0 Å². The van der Waals surface area contributed by atoms with Gasteiger partial charge in [0.05, 0.1) is 6.42 Å². The molecule has 4 amide bonds. The number of carbonyl (C=O) groups excluding carboxylic acids is 5. The highest BCUT2D eigenvalue weighted by Gasteiger charge is 2.46. The highest BCUT2D eigenvalue weighted by molar-refractivity contribution is 6.00. The second-order valence-corrected chi connectivity index (χ2v) is 9.12. The first-order valence-corrected chi connectivity index (χ1v) is 12.3. The molecule has 1 aromatic rings. The molecule has 13 heteroatoms. The first kappa shape index (κ1) is 24.8. The number of hydrogen-bond acceptors (Lipinski definition) is 9. The molecule has 0 aromatic heterocycles. The number of hydrazine groups is 1. The van der Waals surface area contributed by atoms with Crippen molar-refractivity contribution in [2.45, 2.75) is 63.4 Å². The normalized spacial score (nSPS) is 26.9. The van der Waals surface area contributed by atoms with Gasteiger partial charge in [-0.3, -0.25) is 29.0 Å². The molecule has 5 rings (SSSR count). The Labute approximate surface area is 212 Å². The molecule has 13 nitrogen and oxygen atoms in total. The number of fused-ring (bicyclic) bond motifs is 2. The van der Waals surface area contributed by atoms with Gasteiger partial charge in [-0.15, -0.1) is 0 Å². The summed E-state index contributed by atoms with van der Waals surface area (Å²) in [6, 6.07) is 1.95. The Morgan fingerprint density at radius 2 is 1.92 bits per heavy atom. The van der Waals surface area contributed by atoms with Crippen molar-refractivity contribution >= 4 is 29.6 Å². The molecule has 0 spiro atoms. The Morgan fingerprint density at radius 3 is 2.73 bits per heavy atom. The van der Waals surface area contributed by atoms with Crippen LogP contribution in [0.4, 0.5) is 0 Å². The van der Waals surface area contributed by atoms with Crippen molar-refractivity contribution in [3.05, 3.63) is 23.8 Å². The smallest absolute Gasteiger partial charge is 0.310 e. The van der Waals surface area contributed by atoms with Crippen LogP contribution in [-0.4, -0.2) is 84.0 Å². The molecule has 2 N–H and O–H groups in total. The molecule has 4 aliphatic rings. The molecule has 1 aromatic carbocycles. The van der Waals surface area contributed by atoms with E-state index in [0.717, 1.165) is 5.01 Å². The number of benzene rings is 1. The minimum Gasteiger partial charge on any atom is -0.454 e. The molecule has 4 atom stereocenters. The summed E-state index contributed by atoms with van der Waals surface area (Å²) >= 11 is 0. The Balaban J connectivity index is 1.32. The predicted molar refractivity (Wildman–Crippen MR) is 123 cm³/mol. The maximum Gasteiger partial charge on any atom is 0.310 e. The highest BCUT2D eigenvalue weighted by atomic mass is 16.7. The average Bonchev–Trinajstić information content (AvgIpc) is 3.47. The molecule has 3 fully saturated rings. The number of carbonyl (C=O) groups is 5. The molecular weight excluding hydrogens is 488 g/mol. The summed E-state index contributed by atoms with van der Waals surface area (Å²) in [5.74, 6) is -1.46. The number of ether oxygens (including phenoxy) is 4. The van der Waals surface area contributed by atoms with Gasteiger partial charge in [-0.05, 0) is 44.4 Å². The second-order valence-electron chi connectivity index (χ2n) is 9.12. The van der Waals surface area contributed by atoms with Gasteiger partial charge in [0.25, 0.3) is 11.8 Å². The molecule has 198 valence electrons. The monoisotopic (exact) mass is 516 g/mol. The van der Waals surface area contributed by atoms with Crippen molar-refractivity contribution in [1.82, 2.24) is 20.7 Å². The zero-order valence-electron chi connectivity index (χ0n) is 20.3. The molecule has 0 saturated carbocycles. The summed E-state index contributed by atoms with van der Waals surface area (Å²) in [5.41, 5.74) is 0.269. The van der Waals surface area contributed by atoms with E-state index in [2.05, 4.69) is 10.6 Å². The van der Waals surface area contributed by atoms with E-state index in [1.165, 1.54) is 11.1 Å². The summed E-state index contributed by atoms with van der Waals surface area (Å²) in [7, 11) is 0. The van der Waals surface area contributed by atoms with Gasteiger partial charge in [0.2, 0.25) is 24.9 Å². The van der Waals surface area contributed by atoms with Crippen molar-refractivity contribution in [3.8, 4) is 11.5 Å². The van der Waals surface area contributed by atoms with E-state index in [9.17, 15) is 24.0 Å². The quantitative estimate of drug-likeness (QED) is 0.491. The van der Waals surface area contributed by atoms with E-state index in [-0.39, 0.29) is 50.7 Å². The van der Waals surface area contributed by atoms with Gasteiger partial charge in [-0.1, -0.05) is 0 Å². The van der Waals surface area contributed by atoms with Gasteiger partial charge < -0.3 is 29.6 Å². The molecule has 4 heterocycles. The zero-order valence-corrected chi connectivity index (χ0v) is 20.3. The lowest BCUT2D eigenvalue weighted by molar-refractivity contribution is -0.177. The van der Waals surface area contributed by atoms with Crippen LogP contribution < -0.4 is 20.1 Å². The number of hydrogen-bond donors (Lipinski definition) is 2. The highest BCUT2D eigenvalue weighted by Crippen LogP contribution is 2.32. The van der Waals surface area contributed by atoms with E-state index in [1.807, 2.05) is 0 Å². The first-order valence-electron chi connectivity index (χ1n) is 12.3. The zero-order chi connectivity index (χ0) is 26.1. The van der Waals surface area contributed by atoms with Crippen LogP contribution in [0.15, 0.2) is 18.2 Å². The molecule has 0 bridgehead atoms. The summed E-state index contributed by atoms with van der Waals surface area (Å²) in [6.07, 6.45) is -0.0426. The van der Waals surface area contributed by atoms with E-state index in [4.69, 9.17) is 18.9 Å². The third-order valence-electron chi connectivity index (χ3n) is 6.73. The lowest BCUT2D eigenvalue weighted by Gasteiger charge is -2.43. The standard InChI is InChI=1S/C24H28N4O9/c1-2-34-24-15(11-20(30)37-24)26-22(32)16-4-3-9-27-19(29)8-6-14(23(33)28(16)27)25-21(31)13-5-7-17-18(10-13)36-12-35-17/h5,7,10,14-16,24H,2-4,6,8-9,11-12H2,1H3,(H,25,31)(H,26,32)/t14-,15-,16-,24-/m0/s1. The van der Waals surface area contributed by atoms with E-state index < -0.39 is 48.1 Å². The van der Waals surface area contributed by atoms with Gasteiger partial charge in [0.15, 0.2) is 11.5 Å². The molecule has 37 heavy (non-hydrogen) atoms. The molecular formula is C24H28N4O9. The van der Waals surface area contributed by atoms with Gasteiger partial charge in [0.1, 0.15) is 18.1 Å². The second kappa shape index (κ2) is 10.2. The molecule has 0 unspecified atom stereocenters. The Bertz CT molecular complexity index is 1130. The van der Waals surface area contributed by atoms with Crippen LogP contribution in [0.2, 0.25) is 0 Å². The van der Waals surface area contributed by atoms with Crippen molar-refractivity contribution in [2.75, 3.05) is 19.9 Å². The number of rotatable bonds is 6. The fourth-order valence-corrected chi connectivity index (χ4v) is 4.93. The van der Waals surface area contributed by atoms with Gasteiger partial charge in [-0.2, -0.15) is 0 Å². The van der Waals surface area contributed by atoms with Crippen LogP contribution in [0.5, 0.6) is 11.5 Å². The largest absolute Gasteiger partial charge is 0.454 e. The Hall–Kier alpha value is -3.87. The summed E-state index contributed by atoms with van der Waals surface area (Å²) in [6.45, 7) is 2.36. The number of cyclic esters (lactones) is 1. The molecule has 0 aliphatic carbocycles. The van der Waals surface area contributed by atoms with E-state index in [1.54, 1.807) is 19.1 Å². The SMILES string of the molecule is CCO[C@H]1OC(=O)C[C@@H]1NC(=O)[C@@H]1CCCN2C(=O)CC[C@H](NC(=O)c3ccc4c(c3)OCO4)C(=O)N12. The van der Waals surface area contributed by atoms with Crippen LogP contribution >= 0.6 is 0 Å². The average molecular weight is 517 g/mol. The maximum absolute atomic E-state index is 13.6. The van der Waals surface area contributed by atoms with E-state index in [0.29, 0.717) is 24.3 Å². The Morgan fingerprint density at radius 1 is 1.11 bits per heavy atom. The van der Waals surface area contributed by atoms with Crippen LogP contribution in [-0.2, 0) is 28.7 Å². The van der Waals surface area contributed by atoms with Crippen molar-refractivity contribution in [1.29, 1.82) is 0 Å².